The second-order valence-corrected chi connectivity index (χ2v) is 4.49. The smallest absolute Gasteiger partial charge is 0.246 e. The highest BCUT2D eigenvalue weighted by atomic mass is 16.2. The molecule has 0 aliphatic carbocycles. The van der Waals surface area contributed by atoms with Crippen LogP contribution in [0, 0.1) is 13.8 Å². The molecule has 18 heavy (non-hydrogen) atoms. The van der Waals surface area contributed by atoms with Crippen LogP contribution in [0.2, 0.25) is 0 Å². The zero-order valence-corrected chi connectivity index (χ0v) is 11.1. The topological polar surface area (TPSA) is 25.2 Å². The fraction of sp³-hybridized carbons (Fsp3) is 0.267. The van der Waals surface area contributed by atoms with E-state index in [0.717, 1.165) is 17.1 Å². The van der Waals surface area contributed by atoms with Gasteiger partial charge in [-0.25, -0.2) is 0 Å². The SMILES string of the molecule is Cc1ccc(C)n1CC(=O)N(C)c1ccccc1. The van der Waals surface area contributed by atoms with E-state index in [-0.39, 0.29) is 5.91 Å². The molecule has 0 saturated heterocycles. The van der Waals surface area contributed by atoms with Gasteiger partial charge in [-0.05, 0) is 38.1 Å². The lowest BCUT2D eigenvalue weighted by molar-refractivity contribution is -0.118. The van der Waals surface area contributed by atoms with Crippen LogP contribution in [-0.4, -0.2) is 17.5 Å². The molecule has 1 aromatic carbocycles. The summed E-state index contributed by atoms with van der Waals surface area (Å²) >= 11 is 0. The number of nitrogens with zero attached hydrogens (tertiary/aromatic N) is 2. The Morgan fingerprint density at radius 3 is 2.17 bits per heavy atom. The standard InChI is InChI=1S/C15H18N2O/c1-12-9-10-13(2)17(12)11-15(18)16(3)14-7-5-4-6-8-14/h4-10H,11H2,1-3H3. The predicted octanol–water partition coefficient (Wildman–Crippen LogP) is 2.77. The molecule has 0 atom stereocenters. The predicted molar refractivity (Wildman–Crippen MR) is 73.8 cm³/mol. The van der Waals surface area contributed by atoms with E-state index in [4.69, 9.17) is 0 Å². The Morgan fingerprint density at radius 1 is 1.06 bits per heavy atom. The van der Waals surface area contributed by atoms with E-state index in [2.05, 4.69) is 0 Å². The van der Waals surface area contributed by atoms with Crippen LogP contribution in [0.1, 0.15) is 11.4 Å². The van der Waals surface area contributed by atoms with Crippen LogP contribution in [0.5, 0.6) is 0 Å². The Kier molecular flexibility index (Phi) is 3.51. The van der Waals surface area contributed by atoms with Gasteiger partial charge in [-0.3, -0.25) is 4.79 Å². The highest BCUT2D eigenvalue weighted by Crippen LogP contribution is 2.13. The summed E-state index contributed by atoms with van der Waals surface area (Å²) in [4.78, 5) is 13.9. The summed E-state index contributed by atoms with van der Waals surface area (Å²) in [6.45, 7) is 4.42. The van der Waals surface area contributed by atoms with Gasteiger partial charge >= 0.3 is 0 Å². The van der Waals surface area contributed by atoms with E-state index >= 15 is 0 Å². The second kappa shape index (κ2) is 5.08. The molecular weight excluding hydrogens is 224 g/mol. The van der Waals surface area contributed by atoms with Crippen LogP contribution in [0.25, 0.3) is 0 Å². The number of anilines is 1. The zero-order chi connectivity index (χ0) is 13.1. The molecule has 3 nitrogen and oxygen atoms in total. The molecule has 0 N–H and O–H groups in total. The first-order valence-corrected chi connectivity index (χ1v) is 6.04. The molecule has 1 heterocycles. The molecule has 0 aliphatic heterocycles. The summed E-state index contributed by atoms with van der Waals surface area (Å²) in [5.74, 6) is 0.0867. The third-order valence-corrected chi connectivity index (χ3v) is 3.23. The summed E-state index contributed by atoms with van der Waals surface area (Å²) in [7, 11) is 1.81. The molecule has 0 spiro atoms. The van der Waals surface area contributed by atoms with E-state index < -0.39 is 0 Å². The van der Waals surface area contributed by atoms with Crippen molar-refractivity contribution in [1.82, 2.24) is 4.57 Å². The van der Waals surface area contributed by atoms with Gasteiger partial charge in [-0.15, -0.1) is 0 Å². The highest BCUT2D eigenvalue weighted by Gasteiger charge is 2.12. The Balaban J connectivity index is 2.14. The van der Waals surface area contributed by atoms with Gasteiger partial charge < -0.3 is 9.47 Å². The molecule has 2 rings (SSSR count). The molecule has 1 amide bonds. The minimum absolute atomic E-state index is 0.0867. The maximum Gasteiger partial charge on any atom is 0.246 e. The summed E-state index contributed by atoms with van der Waals surface area (Å²) in [5.41, 5.74) is 3.15. The van der Waals surface area contributed by atoms with Crippen molar-refractivity contribution in [2.45, 2.75) is 20.4 Å². The monoisotopic (exact) mass is 242 g/mol. The third kappa shape index (κ3) is 2.45. The molecule has 0 radical (unpaired) electrons. The average Bonchev–Trinajstić information content (AvgIpc) is 2.70. The van der Waals surface area contributed by atoms with Crippen molar-refractivity contribution in [3.05, 3.63) is 53.9 Å². The van der Waals surface area contributed by atoms with Crippen molar-refractivity contribution < 1.29 is 4.79 Å². The number of likely N-dealkylation sites (N-methyl/N-ethyl adjacent to an activating group) is 1. The van der Waals surface area contributed by atoms with E-state index in [1.807, 2.05) is 67.9 Å². The van der Waals surface area contributed by atoms with Crippen molar-refractivity contribution in [1.29, 1.82) is 0 Å². The maximum atomic E-state index is 12.2. The van der Waals surface area contributed by atoms with E-state index in [1.165, 1.54) is 0 Å². The van der Waals surface area contributed by atoms with Crippen molar-refractivity contribution >= 4 is 11.6 Å². The van der Waals surface area contributed by atoms with Crippen LogP contribution >= 0.6 is 0 Å². The highest BCUT2D eigenvalue weighted by molar-refractivity contribution is 5.92. The molecule has 0 unspecified atom stereocenters. The normalized spacial score (nSPS) is 10.4. The van der Waals surface area contributed by atoms with Gasteiger partial charge in [-0.2, -0.15) is 0 Å². The number of para-hydroxylation sites is 1. The summed E-state index contributed by atoms with van der Waals surface area (Å²) in [6.07, 6.45) is 0. The average molecular weight is 242 g/mol. The van der Waals surface area contributed by atoms with Crippen LogP contribution < -0.4 is 4.90 Å². The summed E-state index contributed by atoms with van der Waals surface area (Å²) in [6, 6.07) is 13.8. The van der Waals surface area contributed by atoms with E-state index in [9.17, 15) is 4.79 Å². The zero-order valence-electron chi connectivity index (χ0n) is 11.1. The van der Waals surface area contributed by atoms with Gasteiger partial charge in [0.15, 0.2) is 0 Å². The van der Waals surface area contributed by atoms with Crippen LogP contribution in [0.3, 0.4) is 0 Å². The Hall–Kier alpha value is -2.03. The number of carbonyl (C=O) groups excluding carboxylic acids is 1. The first kappa shape index (κ1) is 12.4. The lowest BCUT2D eigenvalue weighted by atomic mass is 10.3. The number of aryl methyl sites for hydroxylation is 2. The number of carbonyl (C=O) groups is 1. The molecule has 0 aliphatic rings. The fourth-order valence-electron chi connectivity index (χ4n) is 1.99. The number of hydrogen-bond acceptors (Lipinski definition) is 1. The first-order valence-electron chi connectivity index (χ1n) is 6.04. The first-order chi connectivity index (χ1) is 8.59. The van der Waals surface area contributed by atoms with Crippen molar-refractivity contribution in [3.8, 4) is 0 Å². The van der Waals surface area contributed by atoms with Crippen molar-refractivity contribution in [2.24, 2.45) is 0 Å². The number of aromatic nitrogens is 1. The molecule has 1 aromatic heterocycles. The number of benzene rings is 1. The minimum Gasteiger partial charge on any atom is -0.340 e. The maximum absolute atomic E-state index is 12.2. The summed E-state index contributed by atoms with van der Waals surface area (Å²) in [5, 5.41) is 0. The van der Waals surface area contributed by atoms with Crippen LogP contribution in [-0.2, 0) is 11.3 Å². The van der Waals surface area contributed by atoms with Gasteiger partial charge in [-0.1, -0.05) is 18.2 Å². The minimum atomic E-state index is 0.0867. The second-order valence-electron chi connectivity index (χ2n) is 4.49. The van der Waals surface area contributed by atoms with Gasteiger partial charge in [0.2, 0.25) is 5.91 Å². The van der Waals surface area contributed by atoms with Gasteiger partial charge in [0.05, 0.1) is 0 Å². The lowest BCUT2D eigenvalue weighted by Gasteiger charge is -2.19. The molecule has 3 heteroatoms. The quantitative estimate of drug-likeness (QED) is 0.812. The summed E-state index contributed by atoms with van der Waals surface area (Å²) < 4.78 is 2.03. The largest absolute Gasteiger partial charge is 0.340 e. The molecule has 0 bridgehead atoms. The molecule has 2 aromatic rings. The fourth-order valence-corrected chi connectivity index (χ4v) is 1.99. The molecule has 94 valence electrons. The third-order valence-electron chi connectivity index (χ3n) is 3.23. The number of rotatable bonds is 3. The number of hydrogen-bond donors (Lipinski definition) is 0. The Labute approximate surface area is 108 Å². The van der Waals surface area contributed by atoms with Crippen LogP contribution in [0.4, 0.5) is 5.69 Å². The number of amides is 1. The van der Waals surface area contributed by atoms with Gasteiger partial charge in [0.25, 0.3) is 0 Å². The van der Waals surface area contributed by atoms with Crippen LogP contribution in [0.15, 0.2) is 42.5 Å². The lowest BCUT2D eigenvalue weighted by Crippen LogP contribution is -2.30. The van der Waals surface area contributed by atoms with Gasteiger partial charge in [0, 0.05) is 24.1 Å². The molecule has 0 saturated carbocycles. The van der Waals surface area contributed by atoms with Crippen molar-refractivity contribution in [2.75, 3.05) is 11.9 Å². The Bertz CT molecular complexity index is 523. The molecule has 0 fully saturated rings. The Morgan fingerprint density at radius 2 is 1.61 bits per heavy atom. The van der Waals surface area contributed by atoms with E-state index in [0.29, 0.717) is 6.54 Å². The van der Waals surface area contributed by atoms with E-state index in [1.54, 1.807) is 4.90 Å². The molecular formula is C15H18N2O. The van der Waals surface area contributed by atoms with Crippen molar-refractivity contribution in [3.63, 3.8) is 0 Å². The van der Waals surface area contributed by atoms with Gasteiger partial charge in [0.1, 0.15) is 6.54 Å².